The minimum atomic E-state index is -1.70. The van der Waals surface area contributed by atoms with E-state index < -0.39 is 41.2 Å². The van der Waals surface area contributed by atoms with Crippen molar-refractivity contribution >= 4 is 17.5 Å². The molecule has 0 bridgehead atoms. The molecule has 1 heterocycles. The molecule has 9 N–H and O–H groups in total. The lowest BCUT2D eigenvalue weighted by Gasteiger charge is -2.39. The number of hydrogen-bond donors (Lipinski definition) is 3. The fourth-order valence-electron chi connectivity index (χ4n) is 3.54. The maximum Gasteiger partial charge on any atom is 0.239 e. The number of hydrogen-bond acceptors (Lipinski definition) is 6. The standard InChI is InChI=1S/C19H29N3O4.2H2O/c1-10(2)15(23)17(25)19(21)9-12-7-5-6-8-13(12)14(16(24)11(3)20)18(26)22(19)4;;/h6,8,10-11,14-15,23H,5,7,9,20-21H2,1-4H3;2*1H2/t11-,14-,15-,19?;;/m0../s1. The molecule has 1 amide bonds. The summed E-state index contributed by atoms with van der Waals surface area (Å²) in [6.45, 7) is 4.96. The molecule has 2 rings (SSSR count). The Morgan fingerprint density at radius 1 is 1.29 bits per heavy atom. The number of Topliss-reactive ketones (excluding diaryl/α,β-unsaturated/α-hetero) is 2. The van der Waals surface area contributed by atoms with Gasteiger partial charge in [-0.3, -0.25) is 14.4 Å². The van der Waals surface area contributed by atoms with Crippen LogP contribution in [-0.2, 0) is 14.4 Å². The van der Waals surface area contributed by atoms with E-state index in [9.17, 15) is 19.5 Å². The van der Waals surface area contributed by atoms with Crippen molar-refractivity contribution in [1.82, 2.24) is 4.90 Å². The zero-order chi connectivity index (χ0) is 19.8. The first-order valence-electron chi connectivity index (χ1n) is 8.99. The minimum Gasteiger partial charge on any atom is -0.412 e. The van der Waals surface area contributed by atoms with Crippen molar-refractivity contribution in [3.63, 3.8) is 0 Å². The predicted octanol–water partition coefficient (Wildman–Crippen LogP) is -1.38. The van der Waals surface area contributed by atoms with Gasteiger partial charge in [-0.15, -0.1) is 0 Å². The van der Waals surface area contributed by atoms with Crippen LogP contribution in [0, 0.1) is 11.8 Å². The molecule has 0 saturated carbocycles. The summed E-state index contributed by atoms with van der Waals surface area (Å²) < 4.78 is 0. The van der Waals surface area contributed by atoms with Crippen LogP contribution in [-0.4, -0.2) is 63.3 Å². The number of carbonyl (C=O) groups excluding carboxylic acids is 3. The van der Waals surface area contributed by atoms with E-state index >= 15 is 0 Å². The molecule has 0 radical (unpaired) electrons. The number of nitrogens with two attached hydrogens (primary N) is 2. The molecule has 4 atom stereocenters. The largest absolute Gasteiger partial charge is 0.412 e. The Hall–Kier alpha value is -1.91. The van der Waals surface area contributed by atoms with Crippen LogP contribution in [0.2, 0.25) is 0 Å². The van der Waals surface area contributed by atoms with Crippen LogP contribution in [0.1, 0.15) is 40.0 Å². The van der Waals surface area contributed by atoms with E-state index in [0.29, 0.717) is 12.0 Å². The monoisotopic (exact) mass is 399 g/mol. The highest BCUT2D eigenvalue weighted by atomic mass is 16.3. The van der Waals surface area contributed by atoms with Crippen LogP contribution < -0.4 is 11.5 Å². The second-order valence-electron chi connectivity index (χ2n) is 7.68. The normalized spacial score (nSPS) is 26.6. The lowest BCUT2D eigenvalue weighted by atomic mass is 9.81. The molecule has 0 saturated heterocycles. The summed E-state index contributed by atoms with van der Waals surface area (Å²) >= 11 is 0. The molecular weight excluding hydrogens is 366 g/mol. The van der Waals surface area contributed by atoms with Crippen LogP contribution in [0.5, 0.6) is 0 Å². The highest BCUT2D eigenvalue weighted by Crippen LogP contribution is 2.38. The van der Waals surface area contributed by atoms with Gasteiger partial charge < -0.3 is 32.4 Å². The van der Waals surface area contributed by atoms with Gasteiger partial charge in [-0.25, -0.2) is 0 Å². The molecule has 0 aromatic heterocycles. The van der Waals surface area contributed by atoms with Gasteiger partial charge >= 0.3 is 0 Å². The Morgan fingerprint density at radius 3 is 2.36 bits per heavy atom. The van der Waals surface area contributed by atoms with E-state index in [4.69, 9.17) is 11.5 Å². The number of rotatable bonds is 5. The molecule has 0 spiro atoms. The van der Waals surface area contributed by atoms with Crippen molar-refractivity contribution < 1.29 is 30.4 Å². The summed E-state index contributed by atoms with van der Waals surface area (Å²) in [5, 5.41) is 10.3. The Balaban J connectivity index is 0.00000364. The number of amides is 1. The first kappa shape index (κ1) is 26.1. The van der Waals surface area contributed by atoms with E-state index in [1.165, 1.54) is 14.0 Å². The Bertz CT molecular complexity index is 685. The van der Waals surface area contributed by atoms with E-state index in [1.54, 1.807) is 19.9 Å². The molecule has 9 nitrogen and oxygen atoms in total. The lowest BCUT2D eigenvalue weighted by Crippen LogP contribution is -2.65. The van der Waals surface area contributed by atoms with Crippen LogP contribution in [0.3, 0.4) is 0 Å². The van der Waals surface area contributed by atoms with Crippen LogP contribution in [0.4, 0.5) is 0 Å². The molecule has 160 valence electrons. The topological polar surface area (TPSA) is 190 Å². The number of likely N-dealkylation sites (N-methyl/N-ethyl adjacent to an activating group) is 1. The van der Waals surface area contributed by atoms with Crippen molar-refractivity contribution in [2.45, 2.75) is 57.8 Å². The Kier molecular flexibility index (Phi) is 8.88. The van der Waals surface area contributed by atoms with E-state index in [2.05, 4.69) is 0 Å². The van der Waals surface area contributed by atoms with Gasteiger partial charge in [-0.1, -0.05) is 31.6 Å². The summed E-state index contributed by atoms with van der Waals surface area (Å²) in [7, 11) is 1.41. The fourth-order valence-corrected chi connectivity index (χ4v) is 3.54. The number of allylic oxidation sites excluding steroid dienone is 2. The molecule has 2 aliphatic rings. The summed E-state index contributed by atoms with van der Waals surface area (Å²) in [5.41, 5.74) is 11.9. The zero-order valence-electron chi connectivity index (χ0n) is 16.9. The van der Waals surface area contributed by atoms with Crippen molar-refractivity contribution in [3.05, 3.63) is 23.3 Å². The van der Waals surface area contributed by atoms with Crippen LogP contribution in [0.25, 0.3) is 0 Å². The highest BCUT2D eigenvalue weighted by molar-refractivity contribution is 6.09. The molecule has 1 aliphatic heterocycles. The third-order valence-electron chi connectivity index (χ3n) is 5.35. The number of aliphatic hydroxyl groups excluding tert-OH is 1. The quantitative estimate of drug-likeness (QED) is 0.477. The molecule has 1 aliphatic carbocycles. The molecule has 28 heavy (non-hydrogen) atoms. The molecular formula is C19H33N3O6. The second-order valence-corrected chi connectivity index (χ2v) is 7.68. The molecule has 0 aromatic carbocycles. The summed E-state index contributed by atoms with van der Waals surface area (Å²) in [4.78, 5) is 39.9. The molecule has 9 heteroatoms. The number of aliphatic hydroxyl groups is 1. The lowest BCUT2D eigenvalue weighted by molar-refractivity contribution is -0.153. The van der Waals surface area contributed by atoms with Gasteiger partial charge in [0.25, 0.3) is 0 Å². The first-order valence-corrected chi connectivity index (χ1v) is 8.99. The van der Waals surface area contributed by atoms with Crippen molar-refractivity contribution in [2.24, 2.45) is 23.3 Å². The van der Waals surface area contributed by atoms with Crippen molar-refractivity contribution in [1.29, 1.82) is 0 Å². The van der Waals surface area contributed by atoms with Gasteiger partial charge in [0.1, 0.15) is 12.0 Å². The summed E-state index contributed by atoms with van der Waals surface area (Å²) in [6.07, 6.45) is 3.83. The maximum atomic E-state index is 13.1. The van der Waals surface area contributed by atoms with E-state index in [1.807, 2.05) is 6.08 Å². The SMILES string of the molecule is CC(C)[C@H](O)C(=O)C1(N)CC2=C(C=CCC2)[C@@H](C(=O)[C@H](C)N)C(=O)N1C.O.O. The van der Waals surface area contributed by atoms with Gasteiger partial charge in [0.2, 0.25) is 11.7 Å². The van der Waals surface area contributed by atoms with E-state index in [-0.39, 0.29) is 23.3 Å². The Labute approximate surface area is 165 Å². The smallest absolute Gasteiger partial charge is 0.239 e. The minimum absolute atomic E-state index is 0. The third-order valence-corrected chi connectivity index (χ3v) is 5.35. The third kappa shape index (κ3) is 4.39. The van der Waals surface area contributed by atoms with Gasteiger partial charge in [0.05, 0.1) is 6.04 Å². The number of nitrogens with zero attached hydrogens (tertiary/aromatic N) is 1. The average Bonchev–Trinajstić information content (AvgIpc) is 2.68. The summed E-state index contributed by atoms with van der Waals surface area (Å²) in [6, 6.07) is -0.816. The van der Waals surface area contributed by atoms with Crippen molar-refractivity contribution in [3.8, 4) is 0 Å². The molecule has 0 fully saturated rings. The van der Waals surface area contributed by atoms with E-state index in [0.717, 1.165) is 16.9 Å². The maximum absolute atomic E-state index is 13.1. The molecule has 1 unspecified atom stereocenters. The second kappa shape index (κ2) is 9.53. The predicted molar refractivity (Wildman–Crippen MR) is 105 cm³/mol. The summed E-state index contributed by atoms with van der Waals surface area (Å²) in [5.74, 6) is -2.98. The zero-order valence-corrected chi connectivity index (χ0v) is 16.9. The first-order chi connectivity index (χ1) is 12.0. The van der Waals surface area contributed by atoms with Crippen LogP contribution >= 0.6 is 0 Å². The number of ketones is 2. The molecule has 0 aromatic rings. The van der Waals surface area contributed by atoms with Gasteiger partial charge in [-0.05, 0) is 31.3 Å². The van der Waals surface area contributed by atoms with Gasteiger partial charge in [0, 0.05) is 13.5 Å². The van der Waals surface area contributed by atoms with Crippen molar-refractivity contribution in [2.75, 3.05) is 7.05 Å². The Morgan fingerprint density at radius 2 is 1.86 bits per heavy atom. The van der Waals surface area contributed by atoms with Crippen LogP contribution in [0.15, 0.2) is 23.3 Å². The van der Waals surface area contributed by atoms with Gasteiger partial charge in [-0.2, -0.15) is 0 Å². The average molecular weight is 399 g/mol. The number of carbonyl (C=O) groups is 3. The van der Waals surface area contributed by atoms with Gasteiger partial charge in [0.15, 0.2) is 11.4 Å². The fraction of sp³-hybridized carbons (Fsp3) is 0.632. The highest BCUT2D eigenvalue weighted by Gasteiger charge is 2.50.